The van der Waals surface area contributed by atoms with Crippen molar-refractivity contribution in [2.45, 2.75) is 19.5 Å². The third-order valence-corrected chi connectivity index (χ3v) is 2.53. The first-order valence-electron chi connectivity index (χ1n) is 4.56. The number of carbonyl (C=O) groups is 2. The summed E-state index contributed by atoms with van der Waals surface area (Å²) in [6, 6.07) is 0. The molecule has 0 unspecified atom stereocenters. The zero-order chi connectivity index (χ0) is 13.1. The van der Waals surface area contributed by atoms with Crippen molar-refractivity contribution >= 4 is 23.1 Å². The molecular formula is C9H8F3NO3S. The number of aromatic nitrogens is 1. The fourth-order valence-electron chi connectivity index (χ4n) is 0.951. The largest absolute Gasteiger partial charge is 0.466 e. The van der Waals surface area contributed by atoms with Gasteiger partial charge in [-0.1, -0.05) is 0 Å². The lowest BCUT2D eigenvalue weighted by atomic mass is 10.3. The Labute approximate surface area is 98.4 Å². The van der Waals surface area contributed by atoms with Gasteiger partial charge in [-0.05, 0) is 6.92 Å². The highest BCUT2D eigenvalue weighted by atomic mass is 32.1. The molecule has 1 aromatic rings. The molecule has 1 rings (SSSR count). The quantitative estimate of drug-likeness (QED) is 0.477. The molecule has 0 radical (unpaired) electrons. The maximum Gasteiger partial charge on any atom is 0.434 e. The third-order valence-electron chi connectivity index (χ3n) is 1.64. The predicted octanol–water partition coefficient (Wildman–Crippen LogP) is 2.30. The van der Waals surface area contributed by atoms with E-state index in [4.69, 9.17) is 0 Å². The van der Waals surface area contributed by atoms with E-state index in [2.05, 4.69) is 9.72 Å². The molecule has 0 spiro atoms. The van der Waals surface area contributed by atoms with Gasteiger partial charge in [-0.2, -0.15) is 13.2 Å². The lowest BCUT2D eigenvalue weighted by molar-refractivity contribution is -0.142. The van der Waals surface area contributed by atoms with E-state index in [1.807, 2.05) is 0 Å². The third kappa shape index (κ3) is 3.81. The van der Waals surface area contributed by atoms with Gasteiger partial charge in [-0.3, -0.25) is 9.59 Å². The average molecular weight is 267 g/mol. The number of carbonyl (C=O) groups excluding carboxylic acids is 2. The Balaban J connectivity index is 2.71. The van der Waals surface area contributed by atoms with Crippen LogP contribution in [0.2, 0.25) is 0 Å². The molecule has 0 saturated heterocycles. The molecule has 8 heteroatoms. The first-order valence-corrected chi connectivity index (χ1v) is 5.44. The van der Waals surface area contributed by atoms with Crippen molar-refractivity contribution in [2.24, 2.45) is 0 Å². The molecule has 17 heavy (non-hydrogen) atoms. The number of Topliss-reactive ketones (excluding diaryl/α,β-unsaturated/α-hetero) is 1. The van der Waals surface area contributed by atoms with Gasteiger partial charge in [0.15, 0.2) is 10.7 Å². The summed E-state index contributed by atoms with van der Waals surface area (Å²) in [7, 11) is 0. The number of hydrogen-bond donors (Lipinski definition) is 0. The van der Waals surface area contributed by atoms with E-state index in [0.29, 0.717) is 11.3 Å². The number of halogens is 3. The maximum atomic E-state index is 12.2. The molecule has 4 nitrogen and oxygen atoms in total. The second-order valence-electron chi connectivity index (χ2n) is 2.94. The molecule has 0 saturated carbocycles. The molecule has 0 N–H and O–H groups in total. The highest BCUT2D eigenvalue weighted by molar-refractivity contribution is 7.11. The molecule has 1 aromatic heterocycles. The number of thiazole rings is 1. The van der Waals surface area contributed by atoms with Crippen molar-refractivity contribution in [3.8, 4) is 0 Å². The molecule has 0 atom stereocenters. The van der Waals surface area contributed by atoms with Gasteiger partial charge in [0, 0.05) is 5.38 Å². The number of alkyl halides is 3. The van der Waals surface area contributed by atoms with Gasteiger partial charge in [0.2, 0.25) is 5.78 Å². The second kappa shape index (κ2) is 5.26. The van der Waals surface area contributed by atoms with Crippen molar-refractivity contribution < 1.29 is 27.5 Å². The summed E-state index contributed by atoms with van der Waals surface area (Å²) in [6.45, 7) is 1.67. The van der Waals surface area contributed by atoms with Crippen LogP contribution in [0.25, 0.3) is 0 Å². The highest BCUT2D eigenvalue weighted by Crippen LogP contribution is 2.30. The van der Waals surface area contributed by atoms with Crippen LogP contribution in [0.1, 0.15) is 28.8 Å². The minimum atomic E-state index is -4.58. The summed E-state index contributed by atoms with van der Waals surface area (Å²) in [5.41, 5.74) is -1.13. The van der Waals surface area contributed by atoms with Crippen LogP contribution in [0.3, 0.4) is 0 Å². The van der Waals surface area contributed by atoms with E-state index in [1.165, 1.54) is 0 Å². The molecular weight excluding hydrogens is 259 g/mol. The van der Waals surface area contributed by atoms with Crippen molar-refractivity contribution in [1.29, 1.82) is 0 Å². The Morgan fingerprint density at radius 2 is 2.12 bits per heavy atom. The topological polar surface area (TPSA) is 56.3 Å². The Morgan fingerprint density at radius 1 is 1.47 bits per heavy atom. The van der Waals surface area contributed by atoms with Crippen LogP contribution in [0.4, 0.5) is 13.2 Å². The minimum absolute atomic E-state index is 0.109. The van der Waals surface area contributed by atoms with E-state index in [9.17, 15) is 22.8 Å². The number of nitrogens with zero attached hydrogens (tertiary/aromatic N) is 1. The van der Waals surface area contributed by atoms with Crippen molar-refractivity contribution in [1.82, 2.24) is 4.98 Å². The van der Waals surface area contributed by atoms with Crippen molar-refractivity contribution in [3.63, 3.8) is 0 Å². The van der Waals surface area contributed by atoms with Crippen LogP contribution in [-0.4, -0.2) is 23.3 Å². The fraction of sp³-hybridized carbons (Fsp3) is 0.444. The highest BCUT2D eigenvalue weighted by Gasteiger charge is 2.34. The van der Waals surface area contributed by atoms with Crippen LogP contribution in [0.15, 0.2) is 5.38 Å². The van der Waals surface area contributed by atoms with E-state index in [0.717, 1.165) is 5.38 Å². The van der Waals surface area contributed by atoms with Gasteiger partial charge in [-0.15, -0.1) is 11.3 Å². The first-order chi connectivity index (χ1) is 7.84. The summed E-state index contributed by atoms with van der Waals surface area (Å²) in [5, 5.41) is 0.392. The van der Waals surface area contributed by atoms with Crippen LogP contribution in [-0.2, 0) is 15.7 Å². The predicted molar refractivity (Wildman–Crippen MR) is 52.7 cm³/mol. The Kier molecular flexibility index (Phi) is 4.22. The van der Waals surface area contributed by atoms with Crippen LogP contribution < -0.4 is 0 Å². The van der Waals surface area contributed by atoms with Crippen LogP contribution in [0, 0.1) is 0 Å². The Hall–Kier alpha value is -1.44. The zero-order valence-electron chi connectivity index (χ0n) is 8.71. The SMILES string of the molecule is CCOC(=O)CC(=O)c1nc(C(F)(F)F)cs1. The molecule has 0 aromatic carbocycles. The Bertz CT molecular complexity index is 427. The molecule has 0 aliphatic carbocycles. The van der Waals surface area contributed by atoms with E-state index in [-0.39, 0.29) is 11.6 Å². The number of rotatable bonds is 4. The summed E-state index contributed by atoms with van der Waals surface area (Å²) in [4.78, 5) is 25.4. The van der Waals surface area contributed by atoms with Gasteiger partial charge in [0.1, 0.15) is 6.42 Å². The van der Waals surface area contributed by atoms with E-state index in [1.54, 1.807) is 6.92 Å². The van der Waals surface area contributed by atoms with Crippen molar-refractivity contribution in [3.05, 3.63) is 16.1 Å². The summed E-state index contributed by atoms with van der Waals surface area (Å²) < 4.78 is 41.1. The first kappa shape index (κ1) is 13.6. The fourth-order valence-corrected chi connectivity index (χ4v) is 1.71. The van der Waals surface area contributed by atoms with Crippen LogP contribution >= 0.6 is 11.3 Å². The lowest BCUT2D eigenvalue weighted by Crippen LogP contribution is -2.12. The van der Waals surface area contributed by atoms with Gasteiger partial charge in [0.05, 0.1) is 6.61 Å². The number of ether oxygens (including phenoxy) is 1. The van der Waals surface area contributed by atoms with Gasteiger partial charge in [-0.25, -0.2) is 4.98 Å². The molecule has 0 amide bonds. The molecule has 1 heterocycles. The van der Waals surface area contributed by atoms with Gasteiger partial charge in [0.25, 0.3) is 0 Å². The lowest BCUT2D eigenvalue weighted by Gasteiger charge is -2.00. The van der Waals surface area contributed by atoms with Gasteiger partial charge < -0.3 is 4.74 Å². The number of esters is 1. The van der Waals surface area contributed by atoms with Gasteiger partial charge >= 0.3 is 12.1 Å². The number of ketones is 1. The molecule has 0 aliphatic heterocycles. The van der Waals surface area contributed by atoms with E-state index < -0.39 is 30.0 Å². The Morgan fingerprint density at radius 3 is 2.59 bits per heavy atom. The summed E-state index contributed by atoms with van der Waals surface area (Å²) >= 11 is 0.556. The van der Waals surface area contributed by atoms with E-state index >= 15 is 0 Å². The normalized spacial score (nSPS) is 11.3. The summed E-state index contributed by atoms with van der Waals surface area (Å²) in [5.74, 6) is -1.55. The maximum absolute atomic E-state index is 12.2. The monoisotopic (exact) mass is 267 g/mol. The smallest absolute Gasteiger partial charge is 0.434 e. The molecule has 94 valence electrons. The number of hydrogen-bond acceptors (Lipinski definition) is 5. The standard InChI is InChI=1S/C9H8F3NO3S/c1-2-16-7(15)3-5(14)8-13-6(4-17-8)9(10,11)12/h4H,2-3H2,1H3. The van der Waals surface area contributed by atoms with Crippen LogP contribution in [0.5, 0.6) is 0 Å². The zero-order valence-corrected chi connectivity index (χ0v) is 9.52. The minimum Gasteiger partial charge on any atom is -0.466 e. The van der Waals surface area contributed by atoms with Crippen molar-refractivity contribution in [2.75, 3.05) is 6.61 Å². The summed E-state index contributed by atoms with van der Waals surface area (Å²) in [6.07, 6.45) is -5.18. The second-order valence-corrected chi connectivity index (χ2v) is 3.80. The molecule has 0 bridgehead atoms. The average Bonchev–Trinajstić information content (AvgIpc) is 2.65. The molecule has 0 fully saturated rings. The molecule has 0 aliphatic rings.